The predicted molar refractivity (Wildman–Crippen MR) is 69.1 cm³/mol. The quantitative estimate of drug-likeness (QED) is 0.842. The number of nitrogens with zero attached hydrogens (tertiary/aromatic N) is 3. The molecule has 0 aromatic carbocycles. The van der Waals surface area contributed by atoms with Crippen molar-refractivity contribution in [1.29, 1.82) is 5.26 Å². The van der Waals surface area contributed by atoms with E-state index in [1.807, 2.05) is 18.0 Å². The Morgan fingerprint density at radius 1 is 1.42 bits per heavy atom. The van der Waals surface area contributed by atoms with Gasteiger partial charge in [0, 0.05) is 32.6 Å². The molecule has 5 heteroatoms. The Bertz CT molecular complexity index is 455. The molecule has 1 aromatic rings. The fraction of sp³-hybridized carbons (Fsp3) is 0.571. The highest BCUT2D eigenvalue weighted by atomic mass is 19.3. The molecule has 1 fully saturated rings. The molecule has 19 heavy (non-hydrogen) atoms. The molecular weight excluding hydrogens is 248 g/mol. The van der Waals surface area contributed by atoms with Crippen LogP contribution in [0.1, 0.15) is 31.2 Å². The van der Waals surface area contributed by atoms with Gasteiger partial charge in [0.15, 0.2) is 0 Å². The van der Waals surface area contributed by atoms with E-state index in [0.717, 1.165) is 12.4 Å². The van der Waals surface area contributed by atoms with Crippen molar-refractivity contribution in [3.8, 4) is 6.07 Å². The number of aromatic nitrogens is 1. The maximum Gasteiger partial charge on any atom is 0.248 e. The molecule has 0 aliphatic heterocycles. The van der Waals surface area contributed by atoms with Crippen LogP contribution in [-0.4, -0.2) is 24.5 Å². The van der Waals surface area contributed by atoms with Crippen LogP contribution in [0.5, 0.6) is 0 Å². The molecule has 3 nitrogen and oxygen atoms in total. The molecule has 0 bridgehead atoms. The Balaban J connectivity index is 1.90. The van der Waals surface area contributed by atoms with Crippen LogP contribution < -0.4 is 4.90 Å². The number of anilines is 1. The van der Waals surface area contributed by atoms with Crippen LogP contribution >= 0.6 is 0 Å². The summed E-state index contributed by atoms with van der Waals surface area (Å²) in [5, 5.41) is 8.70. The van der Waals surface area contributed by atoms with E-state index in [4.69, 9.17) is 5.26 Å². The van der Waals surface area contributed by atoms with Gasteiger partial charge in [-0.2, -0.15) is 5.26 Å². The molecule has 0 atom stereocenters. The first-order chi connectivity index (χ1) is 9.00. The standard InChI is InChI=1S/C14H17F2N3/c1-19(13-3-2-12(8-17)9-18-13)10-11-4-6-14(15,16)7-5-11/h2-3,9,11H,4-7,10H2,1H3. The zero-order valence-electron chi connectivity index (χ0n) is 10.9. The highest BCUT2D eigenvalue weighted by Gasteiger charge is 2.35. The second-order valence-electron chi connectivity index (χ2n) is 5.20. The lowest BCUT2D eigenvalue weighted by atomic mass is 9.86. The molecule has 0 amide bonds. The minimum absolute atomic E-state index is 0.00763. The average Bonchev–Trinajstić information content (AvgIpc) is 2.41. The van der Waals surface area contributed by atoms with Gasteiger partial charge in [0.05, 0.1) is 5.56 Å². The monoisotopic (exact) mass is 265 g/mol. The van der Waals surface area contributed by atoms with Gasteiger partial charge in [-0.1, -0.05) is 0 Å². The van der Waals surface area contributed by atoms with Crippen molar-refractivity contribution >= 4 is 5.82 Å². The van der Waals surface area contributed by atoms with E-state index in [0.29, 0.717) is 24.3 Å². The van der Waals surface area contributed by atoms with E-state index in [-0.39, 0.29) is 12.8 Å². The van der Waals surface area contributed by atoms with Crippen molar-refractivity contribution in [2.24, 2.45) is 5.92 Å². The number of hydrogen-bond donors (Lipinski definition) is 0. The Labute approximate surface area is 111 Å². The topological polar surface area (TPSA) is 39.9 Å². The van der Waals surface area contributed by atoms with E-state index < -0.39 is 5.92 Å². The lowest BCUT2D eigenvalue weighted by Crippen LogP contribution is -2.32. The summed E-state index contributed by atoms with van der Waals surface area (Å²) in [4.78, 5) is 6.17. The van der Waals surface area contributed by atoms with Gasteiger partial charge in [-0.05, 0) is 30.9 Å². The van der Waals surface area contributed by atoms with E-state index >= 15 is 0 Å². The summed E-state index contributed by atoms with van der Waals surface area (Å²) in [5.74, 6) is -1.40. The van der Waals surface area contributed by atoms with Crippen LogP contribution in [0.3, 0.4) is 0 Å². The summed E-state index contributed by atoms with van der Waals surface area (Å²) in [6, 6.07) is 5.52. The minimum atomic E-state index is -2.47. The molecule has 0 saturated heterocycles. The van der Waals surface area contributed by atoms with Crippen molar-refractivity contribution in [2.75, 3.05) is 18.5 Å². The summed E-state index contributed by atoms with van der Waals surface area (Å²) >= 11 is 0. The number of halogens is 2. The maximum absolute atomic E-state index is 13.1. The molecule has 1 aliphatic rings. The number of rotatable bonds is 3. The fourth-order valence-electron chi connectivity index (χ4n) is 2.44. The lowest BCUT2D eigenvalue weighted by Gasteiger charge is -2.31. The fourth-order valence-corrected chi connectivity index (χ4v) is 2.44. The van der Waals surface area contributed by atoms with Crippen molar-refractivity contribution in [3.05, 3.63) is 23.9 Å². The predicted octanol–water partition coefficient (Wildman–Crippen LogP) is 3.21. The smallest absolute Gasteiger partial charge is 0.248 e. The number of hydrogen-bond acceptors (Lipinski definition) is 3. The van der Waals surface area contributed by atoms with Gasteiger partial charge in [0.2, 0.25) is 5.92 Å². The minimum Gasteiger partial charge on any atom is -0.359 e. The van der Waals surface area contributed by atoms with Gasteiger partial charge >= 0.3 is 0 Å². The largest absolute Gasteiger partial charge is 0.359 e. The molecule has 102 valence electrons. The highest BCUT2D eigenvalue weighted by Crippen LogP contribution is 2.36. The molecule has 0 spiro atoms. The molecule has 1 saturated carbocycles. The van der Waals surface area contributed by atoms with Crippen LogP contribution in [0.15, 0.2) is 18.3 Å². The van der Waals surface area contributed by atoms with Crippen molar-refractivity contribution in [1.82, 2.24) is 4.98 Å². The van der Waals surface area contributed by atoms with Crippen LogP contribution in [0, 0.1) is 17.2 Å². The third-order valence-electron chi connectivity index (χ3n) is 3.64. The van der Waals surface area contributed by atoms with Crippen molar-refractivity contribution in [3.63, 3.8) is 0 Å². The van der Waals surface area contributed by atoms with E-state index in [1.165, 1.54) is 6.20 Å². The van der Waals surface area contributed by atoms with Gasteiger partial charge in [-0.3, -0.25) is 0 Å². The molecular formula is C14H17F2N3. The van der Waals surface area contributed by atoms with Crippen molar-refractivity contribution in [2.45, 2.75) is 31.6 Å². The zero-order valence-corrected chi connectivity index (χ0v) is 10.9. The van der Waals surface area contributed by atoms with Gasteiger partial charge < -0.3 is 4.90 Å². The molecule has 0 radical (unpaired) electrons. The van der Waals surface area contributed by atoms with Crippen LogP contribution in [0.25, 0.3) is 0 Å². The molecule has 1 heterocycles. The zero-order chi connectivity index (χ0) is 13.9. The molecule has 1 aromatic heterocycles. The number of alkyl halides is 2. The summed E-state index contributed by atoms with van der Waals surface area (Å²) in [7, 11) is 1.90. The third-order valence-corrected chi connectivity index (χ3v) is 3.64. The van der Waals surface area contributed by atoms with E-state index in [9.17, 15) is 8.78 Å². The summed E-state index contributed by atoms with van der Waals surface area (Å²) in [5.41, 5.74) is 0.523. The molecule has 2 rings (SSSR count). The Morgan fingerprint density at radius 3 is 2.63 bits per heavy atom. The Kier molecular flexibility index (Phi) is 3.98. The van der Waals surface area contributed by atoms with Gasteiger partial charge in [0.1, 0.15) is 11.9 Å². The SMILES string of the molecule is CN(CC1CCC(F)(F)CC1)c1ccc(C#N)cn1. The molecule has 1 aliphatic carbocycles. The third kappa shape index (κ3) is 3.63. The Morgan fingerprint density at radius 2 is 2.11 bits per heavy atom. The molecule has 0 N–H and O–H groups in total. The first kappa shape index (κ1) is 13.7. The van der Waals surface area contributed by atoms with Crippen LogP contribution in [0.4, 0.5) is 14.6 Å². The number of pyridine rings is 1. The molecule has 0 unspecified atom stereocenters. The van der Waals surface area contributed by atoms with Crippen molar-refractivity contribution < 1.29 is 8.78 Å². The summed E-state index contributed by atoms with van der Waals surface area (Å²) in [6.45, 7) is 0.731. The average molecular weight is 265 g/mol. The van der Waals surface area contributed by atoms with Gasteiger partial charge in [-0.25, -0.2) is 13.8 Å². The summed E-state index contributed by atoms with van der Waals surface area (Å²) < 4.78 is 26.1. The second-order valence-corrected chi connectivity index (χ2v) is 5.20. The maximum atomic E-state index is 13.1. The lowest BCUT2D eigenvalue weighted by molar-refractivity contribution is -0.0448. The second kappa shape index (κ2) is 5.52. The van der Waals surface area contributed by atoms with E-state index in [2.05, 4.69) is 4.98 Å². The van der Waals surface area contributed by atoms with Crippen LogP contribution in [0.2, 0.25) is 0 Å². The van der Waals surface area contributed by atoms with E-state index in [1.54, 1.807) is 12.1 Å². The first-order valence-electron chi connectivity index (χ1n) is 6.45. The van der Waals surface area contributed by atoms with Gasteiger partial charge in [0.25, 0.3) is 0 Å². The Hall–Kier alpha value is -1.70. The van der Waals surface area contributed by atoms with Gasteiger partial charge in [-0.15, -0.1) is 0 Å². The highest BCUT2D eigenvalue weighted by molar-refractivity contribution is 5.41. The number of nitriles is 1. The summed E-state index contributed by atoms with van der Waals surface area (Å²) in [6.07, 6.45) is 2.64. The first-order valence-corrected chi connectivity index (χ1v) is 6.45. The van der Waals surface area contributed by atoms with Crippen LogP contribution in [-0.2, 0) is 0 Å². The normalized spacial score (nSPS) is 18.8.